The predicted molar refractivity (Wildman–Crippen MR) is 87.9 cm³/mol. The molecule has 1 saturated heterocycles. The predicted octanol–water partition coefficient (Wildman–Crippen LogP) is 2.68. The second-order valence-corrected chi connectivity index (χ2v) is 5.52. The van der Waals surface area contributed by atoms with Crippen LogP contribution in [0, 0.1) is 0 Å². The van der Waals surface area contributed by atoms with Crippen molar-refractivity contribution in [2.24, 2.45) is 0 Å². The van der Waals surface area contributed by atoms with E-state index in [4.69, 9.17) is 28.6 Å². The number of piperazine rings is 1. The molecule has 6 heteroatoms. The Morgan fingerprint density at radius 2 is 2.05 bits per heavy atom. The van der Waals surface area contributed by atoms with Crippen LogP contribution in [0.3, 0.4) is 0 Å². The van der Waals surface area contributed by atoms with Crippen molar-refractivity contribution in [1.29, 1.82) is 0 Å². The van der Waals surface area contributed by atoms with Crippen molar-refractivity contribution in [1.82, 2.24) is 9.80 Å². The van der Waals surface area contributed by atoms with Gasteiger partial charge in [-0.1, -0.05) is 18.5 Å². The smallest absolute Gasteiger partial charge is 0.173 e. The Morgan fingerprint density at radius 1 is 1.35 bits per heavy atom. The number of halogens is 1. The minimum Gasteiger partial charge on any atom is -0.495 e. The highest BCUT2D eigenvalue weighted by Gasteiger charge is 2.18. The molecule has 2 rings (SSSR count). The van der Waals surface area contributed by atoms with Crippen molar-refractivity contribution in [2.75, 3.05) is 45.2 Å². The number of anilines is 1. The lowest BCUT2D eigenvalue weighted by Crippen LogP contribution is -2.49. The third-order valence-corrected chi connectivity index (χ3v) is 4.11. The summed E-state index contributed by atoms with van der Waals surface area (Å²) in [5, 5.41) is 4.62. The molecule has 0 aliphatic carbocycles. The quantitative estimate of drug-likeness (QED) is 0.866. The van der Waals surface area contributed by atoms with Gasteiger partial charge in [-0.15, -0.1) is 0 Å². The highest BCUT2D eigenvalue weighted by atomic mass is 35.5. The molecule has 0 unspecified atom stereocenters. The molecular weight excluding hydrogens is 294 g/mol. The van der Waals surface area contributed by atoms with Crippen LogP contribution in [0.2, 0.25) is 5.02 Å². The van der Waals surface area contributed by atoms with E-state index in [1.807, 2.05) is 12.1 Å². The monoisotopic (exact) mass is 313 g/mol. The first-order valence-electron chi connectivity index (χ1n) is 6.76. The largest absolute Gasteiger partial charge is 0.495 e. The summed E-state index contributed by atoms with van der Waals surface area (Å²) in [6.45, 7) is 7.26. The number of benzene rings is 1. The van der Waals surface area contributed by atoms with Crippen molar-refractivity contribution < 1.29 is 4.74 Å². The molecule has 0 bridgehead atoms. The standard InChI is InChI=1S/C14H20ClN3OS/c1-3-17-6-8-18(9-7-17)14(20)16-12-10-11(15)4-5-13(12)19-2/h4-5,10H,3,6-9H2,1-2H3,(H,16,20). The number of methoxy groups -OCH3 is 1. The maximum Gasteiger partial charge on any atom is 0.173 e. The number of likely N-dealkylation sites (N-methyl/N-ethyl adjacent to an activating group) is 1. The fourth-order valence-electron chi connectivity index (χ4n) is 2.24. The zero-order valence-corrected chi connectivity index (χ0v) is 13.4. The fourth-order valence-corrected chi connectivity index (χ4v) is 2.70. The Kier molecular flexibility index (Phi) is 5.46. The summed E-state index contributed by atoms with van der Waals surface area (Å²) in [5.41, 5.74) is 0.808. The van der Waals surface area contributed by atoms with Crippen LogP contribution in [0.4, 0.5) is 5.69 Å². The van der Waals surface area contributed by atoms with Crippen LogP contribution in [0.15, 0.2) is 18.2 Å². The Hall–Kier alpha value is -1.04. The van der Waals surface area contributed by atoms with Gasteiger partial charge in [0, 0.05) is 31.2 Å². The fraction of sp³-hybridized carbons (Fsp3) is 0.500. The van der Waals surface area contributed by atoms with E-state index in [9.17, 15) is 0 Å². The Morgan fingerprint density at radius 3 is 2.65 bits per heavy atom. The molecule has 110 valence electrons. The second-order valence-electron chi connectivity index (χ2n) is 4.70. The van der Waals surface area contributed by atoms with Crippen LogP contribution < -0.4 is 10.1 Å². The summed E-state index contributed by atoms with van der Waals surface area (Å²) in [4.78, 5) is 4.60. The third-order valence-electron chi connectivity index (χ3n) is 3.51. The van der Waals surface area contributed by atoms with Gasteiger partial charge in [0.25, 0.3) is 0 Å². The molecule has 4 nitrogen and oxygen atoms in total. The van der Waals surface area contributed by atoms with Crippen LogP contribution in [0.5, 0.6) is 5.75 Å². The molecular formula is C14H20ClN3OS. The first kappa shape index (κ1) is 15.4. The lowest BCUT2D eigenvalue weighted by atomic mass is 10.3. The number of rotatable bonds is 3. The van der Waals surface area contributed by atoms with Gasteiger partial charge >= 0.3 is 0 Å². The maximum atomic E-state index is 6.02. The van der Waals surface area contributed by atoms with E-state index < -0.39 is 0 Å². The zero-order chi connectivity index (χ0) is 14.5. The molecule has 1 heterocycles. The van der Waals surface area contributed by atoms with Gasteiger partial charge in [0.05, 0.1) is 12.8 Å². The molecule has 0 spiro atoms. The number of ether oxygens (including phenoxy) is 1. The minimum atomic E-state index is 0.659. The van der Waals surface area contributed by atoms with Crippen LogP contribution in [-0.4, -0.2) is 54.7 Å². The van der Waals surface area contributed by atoms with Crippen molar-refractivity contribution in [3.05, 3.63) is 23.2 Å². The number of hydrogen-bond acceptors (Lipinski definition) is 3. The van der Waals surface area contributed by atoms with Crippen molar-refractivity contribution in [3.8, 4) is 5.75 Å². The average molecular weight is 314 g/mol. The van der Waals surface area contributed by atoms with Crippen molar-refractivity contribution >= 4 is 34.6 Å². The molecule has 0 aromatic heterocycles. The summed E-state index contributed by atoms with van der Waals surface area (Å²) in [6, 6.07) is 5.46. The van der Waals surface area contributed by atoms with Gasteiger partial charge in [0.2, 0.25) is 0 Å². The van der Waals surface area contributed by atoms with Gasteiger partial charge in [0.15, 0.2) is 5.11 Å². The third kappa shape index (κ3) is 3.75. The summed E-state index contributed by atoms with van der Waals surface area (Å²) < 4.78 is 5.32. The van der Waals surface area contributed by atoms with Gasteiger partial charge in [-0.2, -0.15) is 0 Å². The van der Waals surface area contributed by atoms with Gasteiger partial charge in [-0.25, -0.2) is 0 Å². The maximum absolute atomic E-state index is 6.02. The normalized spacial score (nSPS) is 16.1. The van der Waals surface area contributed by atoms with Crippen molar-refractivity contribution in [3.63, 3.8) is 0 Å². The summed E-state index contributed by atoms with van der Waals surface area (Å²) in [5.74, 6) is 0.740. The molecule has 1 aliphatic heterocycles. The Balaban J connectivity index is 1.99. The molecule has 1 N–H and O–H groups in total. The molecule has 1 aliphatic rings. The van der Waals surface area contributed by atoms with E-state index in [1.165, 1.54) is 0 Å². The van der Waals surface area contributed by atoms with E-state index in [-0.39, 0.29) is 0 Å². The lowest BCUT2D eigenvalue weighted by molar-refractivity contribution is 0.191. The van der Waals surface area contributed by atoms with E-state index in [1.54, 1.807) is 13.2 Å². The summed E-state index contributed by atoms with van der Waals surface area (Å²) >= 11 is 11.5. The molecule has 20 heavy (non-hydrogen) atoms. The number of nitrogens with one attached hydrogen (secondary N) is 1. The van der Waals surface area contributed by atoms with E-state index in [2.05, 4.69) is 22.0 Å². The molecule has 1 aromatic carbocycles. The second kappa shape index (κ2) is 7.11. The average Bonchev–Trinajstić information content (AvgIpc) is 2.47. The highest BCUT2D eigenvalue weighted by Crippen LogP contribution is 2.28. The molecule has 0 saturated carbocycles. The number of nitrogens with zero attached hydrogens (tertiary/aromatic N) is 2. The summed E-state index contributed by atoms with van der Waals surface area (Å²) in [6.07, 6.45) is 0. The van der Waals surface area contributed by atoms with E-state index in [0.717, 1.165) is 49.3 Å². The Bertz CT molecular complexity index is 475. The van der Waals surface area contributed by atoms with Gasteiger partial charge in [0.1, 0.15) is 5.75 Å². The van der Waals surface area contributed by atoms with Gasteiger partial charge in [-0.3, -0.25) is 0 Å². The van der Waals surface area contributed by atoms with Crippen LogP contribution in [-0.2, 0) is 0 Å². The van der Waals surface area contributed by atoms with Gasteiger partial charge < -0.3 is 19.9 Å². The van der Waals surface area contributed by atoms with E-state index >= 15 is 0 Å². The lowest BCUT2D eigenvalue weighted by Gasteiger charge is -2.35. The van der Waals surface area contributed by atoms with Crippen LogP contribution in [0.25, 0.3) is 0 Å². The van der Waals surface area contributed by atoms with E-state index in [0.29, 0.717) is 5.02 Å². The van der Waals surface area contributed by atoms with Crippen LogP contribution in [0.1, 0.15) is 6.92 Å². The van der Waals surface area contributed by atoms with Crippen molar-refractivity contribution in [2.45, 2.75) is 6.92 Å². The SMILES string of the molecule is CCN1CCN(C(=S)Nc2cc(Cl)ccc2OC)CC1. The molecule has 0 amide bonds. The Labute approximate surface area is 130 Å². The highest BCUT2D eigenvalue weighted by molar-refractivity contribution is 7.80. The van der Waals surface area contributed by atoms with Gasteiger partial charge in [-0.05, 0) is 37.0 Å². The number of thiocarbonyl (C=S) groups is 1. The summed E-state index contributed by atoms with van der Waals surface area (Å²) in [7, 11) is 1.64. The first-order chi connectivity index (χ1) is 9.63. The minimum absolute atomic E-state index is 0.659. The molecule has 1 aromatic rings. The molecule has 0 atom stereocenters. The van der Waals surface area contributed by atoms with Crippen LogP contribution >= 0.6 is 23.8 Å². The first-order valence-corrected chi connectivity index (χ1v) is 7.54. The topological polar surface area (TPSA) is 27.7 Å². The molecule has 1 fully saturated rings. The number of hydrogen-bond donors (Lipinski definition) is 1. The molecule has 0 radical (unpaired) electrons. The zero-order valence-electron chi connectivity index (χ0n) is 11.9.